The summed E-state index contributed by atoms with van der Waals surface area (Å²) in [7, 11) is 0. The van der Waals surface area contributed by atoms with E-state index in [0.717, 1.165) is 22.6 Å². The third-order valence-electron chi connectivity index (χ3n) is 4.19. The molecule has 0 spiro atoms. The molecule has 4 rings (SSSR count). The van der Waals surface area contributed by atoms with Gasteiger partial charge in [-0.05, 0) is 30.0 Å². The molecular formula is C17H16N6. The lowest BCUT2D eigenvalue weighted by molar-refractivity contribution is 0.594. The molecule has 0 saturated heterocycles. The van der Waals surface area contributed by atoms with Gasteiger partial charge in [-0.1, -0.05) is 19.9 Å². The Bertz CT molecular complexity index is 909. The number of hydrogen-bond donors (Lipinski definition) is 0. The van der Waals surface area contributed by atoms with Crippen molar-refractivity contribution in [2.45, 2.75) is 13.8 Å². The van der Waals surface area contributed by atoms with Crippen LogP contribution >= 0.6 is 0 Å². The number of aromatic nitrogens is 5. The molecule has 0 N–H and O–H groups in total. The van der Waals surface area contributed by atoms with Crippen LogP contribution in [0, 0.1) is 11.8 Å². The van der Waals surface area contributed by atoms with Gasteiger partial charge in [0, 0.05) is 24.2 Å². The van der Waals surface area contributed by atoms with Crippen LogP contribution in [0.1, 0.15) is 19.5 Å². The average molecular weight is 304 g/mol. The van der Waals surface area contributed by atoms with Crippen LogP contribution in [0.15, 0.2) is 48.0 Å². The molecule has 0 saturated carbocycles. The molecule has 0 fully saturated rings. The number of nitrogens with zero attached hydrogens (tertiary/aromatic N) is 6. The van der Waals surface area contributed by atoms with Gasteiger partial charge < -0.3 is 0 Å². The van der Waals surface area contributed by atoms with E-state index in [2.05, 4.69) is 45.0 Å². The molecule has 3 aromatic heterocycles. The van der Waals surface area contributed by atoms with Crippen molar-refractivity contribution in [3.8, 4) is 11.3 Å². The highest BCUT2D eigenvalue weighted by molar-refractivity contribution is 5.78. The minimum atomic E-state index is 0.433. The van der Waals surface area contributed by atoms with E-state index < -0.39 is 0 Å². The topological polar surface area (TPSA) is 68.3 Å². The summed E-state index contributed by atoms with van der Waals surface area (Å²) < 4.78 is 1.73. The Morgan fingerprint density at radius 2 is 1.91 bits per heavy atom. The first-order valence-electron chi connectivity index (χ1n) is 7.60. The van der Waals surface area contributed by atoms with E-state index in [1.165, 1.54) is 6.33 Å². The zero-order chi connectivity index (χ0) is 15.8. The third-order valence-corrected chi connectivity index (χ3v) is 4.19. The van der Waals surface area contributed by atoms with Crippen molar-refractivity contribution in [2.75, 3.05) is 0 Å². The van der Waals surface area contributed by atoms with Gasteiger partial charge in [0.15, 0.2) is 0 Å². The van der Waals surface area contributed by atoms with E-state index in [0.29, 0.717) is 17.6 Å². The summed E-state index contributed by atoms with van der Waals surface area (Å²) in [5, 5.41) is 4.27. The highest BCUT2D eigenvalue weighted by atomic mass is 15.3. The van der Waals surface area contributed by atoms with Crippen molar-refractivity contribution in [3.05, 3.63) is 48.7 Å². The Hall–Kier alpha value is -2.89. The fourth-order valence-electron chi connectivity index (χ4n) is 2.60. The maximum Gasteiger partial charge on any atom is 0.253 e. The third kappa shape index (κ3) is 2.42. The van der Waals surface area contributed by atoms with Crippen molar-refractivity contribution >= 4 is 17.7 Å². The molecule has 3 aromatic rings. The van der Waals surface area contributed by atoms with Gasteiger partial charge in [-0.3, -0.25) is 9.98 Å². The summed E-state index contributed by atoms with van der Waals surface area (Å²) in [4.78, 5) is 17.5. The van der Waals surface area contributed by atoms with Crippen LogP contribution in [-0.4, -0.2) is 30.8 Å². The number of fused-ring (bicyclic) bond motifs is 1. The predicted molar refractivity (Wildman–Crippen MR) is 88.8 cm³/mol. The molecule has 0 aromatic carbocycles. The van der Waals surface area contributed by atoms with Crippen LogP contribution in [0.25, 0.3) is 22.7 Å². The molecule has 0 bridgehead atoms. The molecule has 2 atom stereocenters. The summed E-state index contributed by atoms with van der Waals surface area (Å²) in [6.45, 7) is 4.36. The summed E-state index contributed by atoms with van der Waals surface area (Å²) in [6.07, 6.45) is 9.19. The Kier molecular flexibility index (Phi) is 3.22. The van der Waals surface area contributed by atoms with E-state index >= 15 is 0 Å². The van der Waals surface area contributed by atoms with Crippen LogP contribution in [0.2, 0.25) is 0 Å². The maximum absolute atomic E-state index is 4.60. The molecule has 0 radical (unpaired) electrons. The number of aliphatic imine (C=N–C) groups is 1. The summed E-state index contributed by atoms with van der Waals surface area (Å²) in [5.74, 6) is 1.44. The lowest BCUT2D eigenvalue weighted by Crippen LogP contribution is -2.12. The number of hydrogen-bond acceptors (Lipinski definition) is 5. The minimum Gasteiger partial charge on any atom is -0.265 e. The van der Waals surface area contributed by atoms with E-state index in [-0.39, 0.29) is 0 Å². The molecule has 0 amide bonds. The first-order chi connectivity index (χ1) is 11.2. The highest BCUT2D eigenvalue weighted by Gasteiger charge is 2.17. The predicted octanol–water partition coefficient (Wildman–Crippen LogP) is 2.88. The normalized spacial score (nSPS) is 20.7. The van der Waals surface area contributed by atoms with E-state index in [1.807, 2.05) is 24.4 Å². The molecular weight excluding hydrogens is 288 g/mol. The smallest absolute Gasteiger partial charge is 0.253 e. The fourth-order valence-corrected chi connectivity index (χ4v) is 2.60. The summed E-state index contributed by atoms with van der Waals surface area (Å²) in [6, 6.07) is 5.90. The van der Waals surface area contributed by atoms with Gasteiger partial charge in [0.05, 0.1) is 17.1 Å². The maximum atomic E-state index is 4.60. The van der Waals surface area contributed by atoms with Gasteiger partial charge in [-0.2, -0.15) is 14.6 Å². The molecule has 6 nitrogen and oxygen atoms in total. The van der Waals surface area contributed by atoms with Gasteiger partial charge in [0.1, 0.15) is 6.33 Å². The minimum absolute atomic E-state index is 0.433. The van der Waals surface area contributed by atoms with Crippen LogP contribution in [0.4, 0.5) is 0 Å². The quantitative estimate of drug-likeness (QED) is 0.730. The summed E-state index contributed by atoms with van der Waals surface area (Å²) in [5.41, 5.74) is 3.64. The van der Waals surface area contributed by atoms with Crippen molar-refractivity contribution in [2.24, 2.45) is 16.8 Å². The lowest BCUT2D eigenvalue weighted by atomic mass is 9.93. The Labute approximate surface area is 133 Å². The Morgan fingerprint density at radius 1 is 1.09 bits per heavy atom. The number of allylic oxidation sites excluding steroid dienone is 1. The van der Waals surface area contributed by atoms with Gasteiger partial charge in [-0.25, -0.2) is 4.98 Å². The number of rotatable bonds is 2. The van der Waals surface area contributed by atoms with E-state index in [4.69, 9.17) is 0 Å². The van der Waals surface area contributed by atoms with Crippen LogP contribution in [0.5, 0.6) is 0 Å². The second-order valence-electron chi connectivity index (χ2n) is 5.78. The standard InChI is InChI=1S/C17H16N6/c1-11-7-14(19-9-12(11)2)15-8-16(13-3-5-18-6-4-13)23-17(22-15)20-10-21-23/h3-12H,1-2H3. The van der Waals surface area contributed by atoms with Crippen molar-refractivity contribution in [1.29, 1.82) is 0 Å². The zero-order valence-corrected chi connectivity index (χ0v) is 13.0. The largest absolute Gasteiger partial charge is 0.265 e. The summed E-state index contributed by atoms with van der Waals surface area (Å²) >= 11 is 0. The molecule has 6 heteroatoms. The average Bonchev–Trinajstić information content (AvgIpc) is 3.06. The lowest BCUT2D eigenvalue weighted by Gasteiger charge is -2.18. The van der Waals surface area contributed by atoms with Gasteiger partial charge in [-0.15, -0.1) is 0 Å². The molecule has 23 heavy (non-hydrogen) atoms. The molecule has 2 unspecified atom stereocenters. The zero-order valence-electron chi connectivity index (χ0n) is 13.0. The van der Waals surface area contributed by atoms with Crippen molar-refractivity contribution in [1.82, 2.24) is 24.6 Å². The molecule has 114 valence electrons. The Balaban J connectivity index is 1.90. The monoisotopic (exact) mass is 304 g/mol. The highest BCUT2D eigenvalue weighted by Crippen LogP contribution is 2.27. The second-order valence-corrected chi connectivity index (χ2v) is 5.78. The molecule has 1 aliphatic rings. The van der Waals surface area contributed by atoms with Crippen molar-refractivity contribution in [3.63, 3.8) is 0 Å². The van der Waals surface area contributed by atoms with E-state index in [9.17, 15) is 0 Å². The van der Waals surface area contributed by atoms with Gasteiger partial charge >= 0.3 is 0 Å². The Morgan fingerprint density at radius 3 is 2.70 bits per heavy atom. The number of pyridine rings is 1. The molecule has 1 aliphatic heterocycles. The van der Waals surface area contributed by atoms with Gasteiger partial charge in [0.2, 0.25) is 0 Å². The molecule has 4 heterocycles. The first-order valence-corrected chi connectivity index (χ1v) is 7.60. The van der Waals surface area contributed by atoms with E-state index in [1.54, 1.807) is 16.9 Å². The molecule has 0 aliphatic carbocycles. The van der Waals surface area contributed by atoms with Crippen LogP contribution < -0.4 is 0 Å². The van der Waals surface area contributed by atoms with Gasteiger partial charge in [0.25, 0.3) is 5.78 Å². The SMILES string of the molecule is CC1C=NC(c2cc(-c3ccncc3)n3ncnc3n2)=CC1C. The second kappa shape index (κ2) is 5.39. The fraction of sp³-hybridized carbons (Fsp3) is 0.235. The van der Waals surface area contributed by atoms with Crippen LogP contribution in [0.3, 0.4) is 0 Å². The first kappa shape index (κ1) is 13.8. The van der Waals surface area contributed by atoms with Crippen LogP contribution in [-0.2, 0) is 0 Å². The van der Waals surface area contributed by atoms with Crippen molar-refractivity contribution < 1.29 is 0 Å².